The number of amides is 1. The van der Waals surface area contributed by atoms with Crippen LogP contribution in [-0.2, 0) is 4.79 Å². The number of nitrogens with two attached hydrogens (primary N) is 1. The molecule has 0 radical (unpaired) electrons. The maximum atomic E-state index is 11.7. The zero-order valence-corrected chi connectivity index (χ0v) is 9.86. The molecule has 4 heteroatoms. The summed E-state index contributed by atoms with van der Waals surface area (Å²) in [6.07, 6.45) is 4.81. The van der Waals surface area contributed by atoms with E-state index in [1.807, 2.05) is 13.8 Å². The smallest absolute Gasteiger partial charge is 0.224 e. The van der Waals surface area contributed by atoms with E-state index in [4.69, 9.17) is 5.73 Å². The highest BCUT2D eigenvalue weighted by atomic mass is 16.1. The SMILES string of the molecule is CCC(CN)CC(=O)Nc1ccncc1C. The Kier molecular flexibility index (Phi) is 4.92. The lowest BCUT2D eigenvalue weighted by molar-refractivity contribution is -0.117. The van der Waals surface area contributed by atoms with Gasteiger partial charge in [0.05, 0.1) is 0 Å². The van der Waals surface area contributed by atoms with Gasteiger partial charge in [-0.2, -0.15) is 0 Å². The van der Waals surface area contributed by atoms with E-state index < -0.39 is 0 Å². The highest BCUT2D eigenvalue weighted by molar-refractivity contribution is 5.91. The average Bonchev–Trinajstić information content (AvgIpc) is 2.29. The number of nitrogens with zero attached hydrogens (tertiary/aromatic N) is 1. The zero-order chi connectivity index (χ0) is 12.0. The molecule has 0 aliphatic carbocycles. The van der Waals surface area contributed by atoms with E-state index in [1.165, 1.54) is 0 Å². The van der Waals surface area contributed by atoms with Crippen LogP contribution < -0.4 is 11.1 Å². The fraction of sp³-hybridized carbons (Fsp3) is 0.500. The van der Waals surface area contributed by atoms with Gasteiger partial charge in [-0.15, -0.1) is 0 Å². The quantitative estimate of drug-likeness (QED) is 0.795. The molecule has 1 rings (SSSR count). The Morgan fingerprint density at radius 1 is 1.62 bits per heavy atom. The van der Waals surface area contributed by atoms with Crippen LogP contribution in [0.25, 0.3) is 0 Å². The standard InChI is InChI=1S/C12H19N3O/c1-3-10(7-13)6-12(16)15-11-4-5-14-8-9(11)2/h4-5,8,10H,3,6-7,13H2,1-2H3,(H,14,15,16). The van der Waals surface area contributed by atoms with Gasteiger partial charge in [0.1, 0.15) is 0 Å². The number of aryl methyl sites for hydroxylation is 1. The number of hydrogen-bond acceptors (Lipinski definition) is 3. The molecule has 16 heavy (non-hydrogen) atoms. The maximum absolute atomic E-state index is 11.7. The minimum Gasteiger partial charge on any atom is -0.330 e. The first kappa shape index (κ1) is 12.6. The first-order valence-electron chi connectivity index (χ1n) is 5.57. The fourth-order valence-electron chi connectivity index (χ4n) is 1.47. The summed E-state index contributed by atoms with van der Waals surface area (Å²) in [6.45, 7) is 4.52. The monoisotopic (exact) mass is 221 g/mol. The molecule has 0 aliphatic heterocycles. The number of carbonyl (C=O) groups is 1. The molecule has 0 saturated heterocycles. The number of pyridine rings is 1. The van der Waals surface area contributed by atoms with Crippen LogP contribution in [0.15, 0.2) is 18.5 Å². The van der Waals surface area contributed by atoms with Crippen molar-refractivity contribution in [2.45, 2.75) is 26.7 Å². The van der Waals surface area contributed by atoms with Crippen LogP contribution in [0.3, 0.4) is 0 Å². The van der Waals surface area contributed by atoms with Crippen LogP contribution in [0.5, 0.6) is 0 Å². The van der Waals surface area contributed by atoms with Crippen LogP contribution in [0, 0.1) is 12.8 Å². The van der Waals surface area contributed by atoms with Crippen LogP contribution in [0.1, 0.15) is 25.3 Å². The summed E-state index contributed by atoms with van der Waals surface area (Å²) in [5.74, 6) is 0.286. The Labute approximate surface area is 96.3 Å². The second-order valence-electron chi connectivity index (χ2n) is 3.95. The summed E-state index contributed by atoms with van der Waals surface area (Å²) in [4.78, 5) is 15.7. The summed E-state index contributed by atoms with van der Waals surface area (Å²) < 4.78 is 0. The largest absolute Gasteiger partial charge is 0.330 e. The van der Waals surface area contributed by atoms with Crippen LogP contribution in [0.4, 0.5) is 5.69 Å². The minimum absolute atomic E-state index is 0.0200. The van der Waals surface area contributed by atoms with Gasteiger partial charge >= 0.3 is 0 Å². The number of hydrogen-bond donors (Lipinski definition) is 2. The molecule has 4 nitrogen and oxygen atoms in total. The molecular weight excluding hydrogens is 202 g/mol. The summed E-state index contributed by atoms with van der Waals surface area (Å²) in [5.41, 5.74) is 7.36. The molecule has 0 bridgehead atoms. The lowest BCUT2D eigenvalue weighted by atomic mass is 10.0. The molecule has 0 aliphatic rings. The summed E-state index contributed by atoms with van der Waals surface area (Å²) in [6, 6.07) is 1.80. The molecule has 0 fully saturated rings. The number of aromatic nitrogens is 1. The Morgan fingerprint density at radius 2 is 2.38 bits per heavy atom. The van der Waals surface area contributed by atoms with Crippen molar-refractivity contribution in [2.75, 3.05) is 11.9 Å². The molecule has 0 aromatic carbocycles. The van der Waals surface area contributed by atoms with E-state index in [9.17, 15) is 4.79 Å². The third-order valence-corrected chi connectivity index (χ3v) is 2.68. The van der Waals surface area contributed by atoms with Gasteiger partial charge in [0.25, 0.3) is 0 Å². The van der Waals surface area contributed by atoms with Gasteiger partial charge in [0.15, 0.2) is 0 Å². The molecule has 1 heterocycles. The Hall–Kier alpha value is -1.42. The third-order valence-electron chi connectivity index (χ3n) is 2.68. The lowest BCUT2D eigenvalue weighted by Crippen LogP contribution is -2.22. The number of nitrogens with one attached hydrogen (secondary N) is 1. The molecule has 1 unspecified atom stereocenters. The summed E-state index contributed by atoms with van der Waals surface area (Å²) >= 11 is 0. The predicted molar refractivity (Wildman–Crippen MR) is 65.1 cm³/mol. The summed E-state index contributed by atoms with van der Waals surface area (Å²) in [7, 11) is 0. The van der Waals surface area contributed by atoms with Crippen LogP contribution in [-0.4, -0.2) is 17.4 Å². The summed E-state index contributed by atoms with van der Waals surface area (Å²) in [5, 5.41) is 2.87. The number of carbonyl (C=O) groups excluding carboxylic acids is 1. The van der Waals surface area contributed by atoms with Gasteiger partial charge in [0.2, 0.25) is 5.91 Å². The predicted octanol–water partition coefficient (Wildman–Crippen LogP) is 1.70. The van der Waals surface area contributed by atoms with E-state index in [0.29, 0.717) is 13.0 Å². The van der Waals surface area contributed by atoms with Crippen molar-refractivity contribution >= 4 is 11.6 Å². The topological polar surface area (TPSA) is 68.0 Å². The molecule has 1 amide bonds. The molecule has 1 atom stereocenters. The molecule has 1 aromatic rings. The second kappa shape index (κ2) is 6.23. The highest BCUT2D eigenvalue weighted by Crippen LogP contribution is 2.13. The van der Waals surface area contributed by atoms with Gasteiger partial charge in [0, 0.05) is 24.5 Å². The van der Waals surface area contributed by atoms with Gasteiger partial charge in [-0.05, 0) is 31.0 Å². The van der Waals surface area contributed by atoms with E-state index in [1.54, 1.807) is 18.5 Å². The van der Waals surface area contributed by atoms with Crippen LogP contribution in [0.2, 0.25) is 0 Å². The molecule has 1 aromatic heterocycles. The normalized spacial score (nSPS) is 12.2. The average molecular weight is 221 g/mol. The van der Waals surface area contributed by atoms with E-state index >= 15 is 0 Å². The van der Waals surface area contributed by atoms with Crippen molar-refractivity contribution in [2.24, 2.45) is 11.7 Å². The second-order valence-corrected chi connectivity index (χ2v) is 3.95. The van der Waals surface area contributed by atoms with Crippen molar-refractivity contribution in [1.82, 2.24) is 4.98 Å². The Balaban J connectivity index is 2.55. The van der Waals surface area contributed by atoms with Crippen molar-refractivity contribution in [3.63, 3.8) is 0 Å². The Bertz CT molecular complexity index is 348. The van der Waals surface area contributed by atoms with Crippen molar-refractivity contribution < 1.29 is 4.79 Å². The molecule has 0 spiro atoms. The van der Waals surface area contributed by atoms with Gasteiger partial charge < -0.3 is 11.1 Å². The van der Waals surface area contributed by atoms with Crippen molar-refractivity contribution in [1.29, 1.82) is 0 Å². The van der Waals surface area contributed by atoms with Gasteiger partial charge in [-0.1, -0.05) is 13.3 Å². The number of rotatable bonds is 5. The van der Waals surface area contributed by atoms with Crippen molar-refractivity contribution in [3.8, 4) is 0 Å². The maximum Gasteiger partial charge on any atom is 0.224 e. The number of anilines is 1. The van der Waals surface area contributed by atoms with E-state index in [-0.39, 0.29) is 11.8 Å². The molecule has 3 N–H and O–H groups in total. The third kappa shape index (κ3) is 3.62. The van der Waals surface area contributed by atoms with Gasteiger partial charge in [-0.25, -0.2) is 0 Å². The highest BCUT2D eigenvalue weighted by Gasteiger charge is 2.11. The first-order valence-corrected chi connectivity index (χ1v) is 5.57. The van der Waals surface area contributed by atoms with E-state index in [0.717, 1.165) is 17.7 Å². The lowest BCUT2D eigenvalue weighted by Gasteiger charge is -2.12. The molecular formula is C12H19N3O. The zero-order valence-electron chi connectivity index (χ0n) is 9.86. The minimum atomic E-state index is 0.0200. The van der Waals surface area contributed by atoms with Crippen molar-refractivity contribution in [3.05, 3.63) is 24.0 Å². The van der Waals surface area contributed by atoms with Gasteiger partial charge in [-0.3, -0.25) is 9.78 Å². The molecule has 88 valence electrons. The molecule has 0 saturated carbocycles. The van der Waals surface area contributed by atoms with E-state index in [2.05, 4.69) is 10.3 Å². The Morgan fingerprint density at radius 3 is 2.94 bits per heavy atom. The first-order chi connectivity index (χ1) is 7.67. The van der Waals surface area contributed by atoms with Crippen LogP contribution >= 0.6 is 0 Å². The fourth-order valence-corrected chi connectivity index (χ4v) is 1.47.